The van der Waals surface area contributed by atoms with Crippen LogP contribution in [0.1, 0.15) is 32.4 Å². The van der Waals surface area contributed by atoms with Gasteiger partial charge in [0, 0.05) is 27.1 Å². The summed E-state index contributed by atoms with van der Waals surface area (Å²) in [6, 6.07) is 4.25. The van der Waals surface area contributed by atoms with E-state index in [1.54, 1.807) is 33.0 Å². The first-order chi connectivity index (χ1) is 10.2. The molecule has 0 saturated heterocycles. The predicted octanol–water partition coefficient (Wildman–Crippen LogP) is 3.58. The number of carboxylic acid groups (broad SMARTS) is 1. The van der Waals surface area contributed by atoms with E-state index in [0.29, 0.717) is 5.56 Å². The van der Waals surface area contributed by atoms with E-state index in [-0.39, 0.29) is 0 Å². The number of halogens is 1. The van der Waals surface area contributed by atoms with E-state index in [1.165, 1.54) is 0 Å². The molecule has 2 rings (SSSR count). The normalized spacial score (nSPS) is 12.9. The van der Waals surface area contributed by atoms with Gasteiger partial charge in [0.1, 0.15) is 5.60 Å². The number of carbonyl (C=O) groups excluding carboxylic acids is 1. The van der Waals surface area contributed by atoms with Crippen molar-refractivity contribution in [1.29, 1.82) is 0 Å². The van der Waals surface area contributed by atoms with Crippen molar-refractivity contribution in [2.75, 3.05) is 0 Å². The maximum absolute atomic E-state index is 11.8. The van der Waals surface area contributed by atoms with Gasteiger partial charge in [0.15, 0.2) is 6.04 Å². The van der Waals surface area contributed by atoms with E-state index in [9.17, 15) is 14.7 Å². The Hall–Kier alpha value is -2.02. The van der Waals surface area contributed by atoms with Crippen molar-refractivity contribution in [3.05, 3.63) is 34.4 Å². The van der Waals surface area contributed by atoms with Crippen molar-refractivity contribution in [2.24, 2.45) is 0 Å². The molecule has 1 atom stereocenters. The summed E-state index contributed by atoms with van der Waals surface area (Å²) in [5.41, 5.74) is 0.556. The van der Waals surface area contributed by atoms with Crippen LogP contribution in [0.2, 0.25) is 0 Å². The van der Waals surface area contributed by atoms with Gasteiger partial charge in [-0.1, -0.05) is 22.0 Å². The zero-order valence-electron chi connectivity index (χ0n) is 12.4. The summed E-state index contributed by atoms with van der Waals surface area (Å²) in [5, 5.41) is 12.5. The lowest BCUT2D eigenvalue weighted by Gasteiger charge is -2.21. The topological polar surface area (TPSA) is 91.4 Å². The van der Waals surface area contributed by atoms with Crippen LogP contribution < -0.4 is 5.32 Å². The minimum absolute atomic E-state index is 0.473. The summed E-state index contributed by atoms with van der Waals surface area (Å²) in [7, 11) is 0. The number of ether oxygens (including phenoxy) is 1. The van der Waals surface area contributed by atoms with Crippen LogP contribution in [0.3, 0.4) is 0 Å². The van der Waals surface area contributed by atoms with Crippen LogP contribution in [-0.2, 0) is 9.53 Å². The fourth-order valence-corrected chi connectivity index (χ4v) is 2.42. The van der Waals surface area contributed by atoms with E-state index in [1.807, 2.05) is 12.1 Å². The van der Waals surface area contributed by atoms with Crippen LogP contribution >= 0.6 is 15.9 Å². The molecule has 2 aromatic rings. The third kappa shape index (κ3) is 3.79. The Morgan fingerprint density at radius 1 is 1.36 bits per heavy atom. The van der Waals surface area contributed by atoms with Gasteiger partial charge in [0.2, 0.25) is 0 Å². The average Bonchev–Trinajstić information content (AvgIpc) is 2.76. The Morgan fingerprint density at radius 2 is 2.05 bits per heavy atom. The van der Waals surface area contributed by atoms with E-state index < -0.39 is 23.7 Å². The van der Waals surface area contributed by atoms with Crippen molar-refractivity contribution in [2.45, 2.75) is 32.4 Å². The molecule has 6 nitrogen and oxygen atoms in total. The molecule has 22 heavy (non-hydrogen) atoms. The number of hydrogen-bond donors (Lipinski definition) is 3. The smallest absolute Gasteiger partial charge is 0.408 e. The summed E-state index contributed by atoms with van der Waals surface area (Å²) < 4.78 is 5.99. The van der Waals surface area contributed by atoms with Crippen LogP contribution in [0.25, 0.3) is 10.9 Å². The van der Waals surface area contributed by atoms with Crippen LogP contribution in [0.5, 0.6) is 0 Å². The van der Waals surface area contributed by atoms with E-state index in [4.69, 9.17) is 4.74 Å². The Kier molecular flexibility index (Phi) is 4.46. The Balaban J connectivity index is 2.31. The minimum atomic E-state index is -1.19. The Labute approximate surface area is 136 Å². The van der Waals surface area contributed by atoms with Crippen molar-refractivity contribution in [3.8, 4) is 0 Å². The molecule has 0 bridgehead atoms. The molecule has 0 radical (unpaired) electrons. The second kappa shape index (κ2) is 6.00. The largest absolute Gasteiger partial charge is 0.479 e. The number of alkyl carbamates (subject to hydrolysis) is 1. The van der Waals surface area contributed by atoms with Gasteiger partial charge in [0.05, 0.1) is 0 Å². The molecule has 0 spiro atoms. The second-order valence-corrected chi connectivity index (χ2v) is 6.77. The molecule has 1 aromatic carbocycles. The quantitative estimate of drug-likeness (QED) is 0.771. The molecule has 3 N–H and O–H groups in total. The molecule has 1 heterocycles. The van der Waals surface area contributed by atoms with Gasteiger partial charge >= 0.3 is 12.1 Å². The zero-order chi connectivity index (χ0) is 16.5. The van der Waals surface area contributed by atoms with Crippen LogP contribution in [0.4, 0.5) is 4.79 Å². The molecular weight excluding hydrogens is 352 g/mol. The molecule has 0 saturated carbocycles. The van der Waals surface area contributed by atoms with Crippen LogP contribution in [0, 0.1) is 0 Å². The number of H-pyrrole nitrogens is 1. The summed E-state index contributed by atoms with van der Waals surface area (Å²) in [6.07, 6.45) is 0.805. The number of nitrogens with one attached hydrogen (secondary N) is 2. The summed E-state index contributed by atoms with van der Waals surface area (Å²) >= 11 is 3.35. The van der Waals surface area contributed by atoms with E-state index >= 15 is 0 Å². The van der Waals surface area contributed by atoms with Crippen molar-refractivity contribution in [3.63, 3.8) is 0 Å². The number of aliphatic carboxylic acids is 1. The Morgan fingerprint density at radius 3 is 2.64 bits per heavy atom. The van der Waals surface area contributed by atoms with Crippen molar-refractivity contribution in [1.82, 2.24) is 10.3 Å². The number of hydrogen-bond acceptors (Lipinski definition) is 3. The third-order valence-electron chi connectivity index (χ3n) is 2.89. The van der Waals surface area contributed by atoms with Gasteiger partial charge in [-0.3, -0.25) is 0 Å². The van der Waals surface area contributed by atoms with Gasteiger partial charge in [-0.05, 0) is 32.9 Å². The molecule has 1 amide bonds. The number of carbonyl (C=O) groups is 2. The van der Waals surface area contributed by atoms with Crippen LogP contribution in [-0.4, -0.2) is 27.8 Å². The first-order valence-corrected chi connectivity index (χ1v) is 7.45. The lowest BCUT2D eigenvalue weighted by atomic mass is 10.1. The minimum Gasteiger partial charge on any atom is -0.479 e. The predicted molar refractivity (Wildman–Crippen MR) is 85.7 cm³/mol. The lowest BCUT2D eigenvalue weighted by Crippen LogP contribution is -2.38. The molecule has 0 fully saturated rings. The van der Waals surface area contributed by atoms with Gasteiger partial charge < -0.3 is 20.1 Å². The average molecular weight is 369 g/mol. The zero-order valence-corrected chi connectivity index (χ0v) is 14.0. The first-order valence-electron chi connectivity index (χ1n) is 6.66. The highest BCUT2D eigenvalue weighted by molar-refractivity contribution is 9.10. The summed E-state index contributed by atoms with van der Waals surface area (Å²) in [5.74, 6) is -1.16. The molecule has 0 unspecified atom stereocenters. The first kappa shape index (κ1) is 16.4. The molecular formula is C15H17BrN2O4. The highest BCUT2D eigenvalue weighted by Crippen LogP contribution is 2.27. The Bertz CT molecular complexity index is 718. The molecule has 0 aliphatic carbocycles. The maximum atomic E-state index is 11.8. The number of amides is 1. The second-order valence-electron chi connectivity index (χ2n) is 5.85. The number of aromatic amines is 1. The number of benzene rings is 1. The number of aromatic nitrogens is 1. The summed E-state index contributed by atoms with van der Waals surface area (Å²) in [6.45, 7) is 5.14. The van der Waals surface area contributed by atoms with Crippen LogP contribution in [0.15, 0.2) is 28.9 Å². The third-order valence-corrected chi connectivity index (χ3v) is 3.39. The summed E-state index contributed by atoms with van der Waals surface area (Å²) in [4.78, 5) is 26.4. The maximum Gasteiger partial charge on any atom is 0.408 e. The fraction of sp³-hybridized carbons (Fsp3) is 0.333. The van der Waals surface area contributed by atoms with Gasteiger partial charge in [0.25, 0.3) is 0 Å². The molecule has 1 aromatic heterocycles. The molecule has 7 heteroatoms. The van der Waals surface area contributed by atoms with E-state index in [0.717, 1.165) is 15.4 Å². The van der Waals surface area contributed by atoms with Gasteiger partial charge in [-0.25, -0.2) is 9.59 Å². The standard InChI is InChI=1S/C15H17BrN2O4/c1-15(2,3)22-14(21)18-12(13(19)20)10-7-17-11-6-8(16)4-5-9(10)11/h4-7,12,17H,1-3H3,(H,18,21)(H,19,20)/t12-/m0/s1. The number of fused-ring (bicyclic) bond motifs is 1. The number of rotatable bonds is 3. The molecule has 0 aliphatic heterocycles. The number of carboxylic acids is 1. The molecule has 118 valence electrons. The fourth-order valence-electron chi connectivity index (χ4n) is 2.06. The highest BCUT2D eigenvalue weighted by atomic mass is 79.9. The van der Waals surface area contributed by atoms with Gasteiger partial charge in [-0.15, -0.1) is 0 Å². The van der Waals surface area contributed by atoms with E-state index in [2.05, 4.69) is 26.2 Å². The monoisotopic (exact) mass is 368 g/mol. The highest BCUT2D eigenvalue weighted by Gasteiger charge is 2.27. The SMILES string of the molecule is CC(C)(C)OC(=O)N[C@H](C(=O)O)c1c[nH]c2cc(Br)ccc12. The van der Waals surface area contributed by atoms with Crippen molar-refractivity contribution < 1.29 is 19.4 Å². The van der Waals surface area contributed by atoms with Gasteiger partial charge in [-0.2, -0.15) is 0 Å². The van der Waals surface area contributed by atoms with Crippen molar-refractivity contribution >= 4 is 38.9 Å². The molecule has 0 aliphatic rings. The lowest BCUT2D eigenvalue weighted by molar-refractivity contribution is -0.139.